The van der Waals surface area contributed by atoms with E-state index in [0.717, 1.165) is 41.3 Å². The molecule has 4 nitrogen and oxygen atoms in total. The molecule has 2 aromatic rings. The van der Waals surface area contributed by atoms with Gasteiger partial charge in [0.1, 0.15) is 5.00 Å². The van der Waals surface area contributed by atoms with Gasteiger partial charge in [-0.15, -0.1) is 11.3 Å². The smallest absolute Gasteiger partial charge is 0.341 e. The molecule has 1 aliphatic rings. The lowest BCUT2D eigenvalue weighted by molar-refractivity contribution is -0.115. The summed E-state index contributed by atoms with van der Waals surface area (Å²) in [6.45, 7) is 2.12. The zero-order valence-electron chi connectivity index (χ0n) is 14.1. The van der Waals surface area contributed by atoms with Gasteiger partial charge in [-0.1, -0.05) is 28.1 Å². The molecular weight excluding hydrogens is 402 g/mol. The third-order valence-corrected chi connectivity index (χ3v) is 5.92. The minimum absolute atomic E-state index is 0.119. The Morgan fingerprint density at radius 2 is 1.92 bits per heavy atom. The van der Waals surface area contributed by atoms with E-state index in [0.29, 0.717) is 17.2 Å². The van der Waals surface area contributed by atoms with Gasteiger partial charge in [0.15, 0.2) is 0 Å². The van der Waals surface area contributed by atoms with Crippen molar-refractivity contribution < 1.29 is 14.3 Å². The van der Waals surface area contributed by atoms with E-state index in [1.807, 2.05) is 24.3 Å². The van der Waals surface area contributed by atoms with Crippen molar-refractivity contribution in [2.75, 3.05) is 11.9 Å². The fraction of sp³-hybridized carbons (Fsp3) is 0.368. The average molecular weight is 422 g/mol. The van der Waals surface area contributed by atoms with Gasteiger partial charge in [-0.3, -0.25) is 4.79 Å². The van der Waals surface area contributed by atoms with Crippen LogP contribution >= 0.6 is 27.3 Å². The van der Waals surface area contributed by atoms with Crippen molar-refractivity contribution in [1.29, 1.82) is 0 Å². The van der Waals surface area contributed by atoms with Crippen molar-refractivity contribution >= 4 is 44.1 Å². The van der Waals surface area contributed by atoms with Crippen molar-refractivity contribution in [3.05, 3.63) is 50.3 Å². The van der Waals surface area contributed by atoms with Crippen LogP contribution in [0.4, 0.5) is 5.00 Å². The van der Waals surface area contributed by atoms with Crippen LogP contribution in [-0.4, -0.2) is 18.5 Å². The van der Waals surface area contributed by atoms with Crippen LogP contribution in [0.5, 0.6) is 0 Å². The summed E-state index contributed by atoms with van der Waals surface area (Å²) in [7, 11) is 0. The topological polar surface area (TPSA) is 55.4 Å². The van der Waals surface area contributed by atoms with Crippen LogP contribution in [-0.2, 0) is 28.8 Å². The van der Waals surface area contributed by atoms with E-state index < -0.39 is 0 Å². The highest BCUT2D eigenvalue weighted by Crippen LogP contribution is 2.38. The van der Waals surface area contributed by atoms with Gasteiger partial charge < -0.3 is 10.1 Å². The molecule has 132 valence electrons. The summed E-state index contributed by atoms with van der Waals surface area (Å²) in [5, 5.41) is 3.57. The molecule has 1 aliphatic carbocycles. The van der Waals surface area contributed by atoms with E-state index in [2.05, 4.69) is 21.2 Å². The number of aryl methyl sites for hydroxylation is 1. The lowest BCUT2D eigenvalue weighted by Gasteiger charge is -2.12. The molecular formula is C19H20BrNO3S. The summed E-state index contributed by atoms with van der Waals surface area (Å²) in [6.07, 6.45) is 4.32. The molecule has 0 saturated carbocycles. The number of amides is 1. The number of halogens is 1. The van der Waals surface area contributed by atoms with Crippen LogP contribution in [0, 0.1) is 0 Å². The summed E-state index contributed by atoms with van der Waals surface area (Å²) in [5.74, 6) is -0.452. The fourth-order valence-corrected chi connectivity index (χ4v) is 4.59. The van der Waals surface area contributed by atoms with E-state index in [4.69, 9.17) is 4.74 Å². The predicted molar refractivity (Wildman–Crippen MR) is 103 cm³/mol. The number of anilines is 1. The molecule has 0 spiro atoms. The molecule has 0 unspecified atom stereocenters. The fourth-order valence-electron chi connectivity index (χ4n) is 3.03. The number of carbonyl (C=O) groups is 2. The number of carbonyl (C=O) groups excluding carboxylic acids is 2. The maximum absolute atomic E-state index is 12.4. The zero-order chi connectivity index (χ0) is 17.8. The van der Waals surface area contributed by atoms with Crippen molar-refractivity contribution in [3.63, 3.8) is 0 Å². The maximum Gasteiger partial charge on any atom is 0.341 e. The van der Waals surface area contributed by atoms with Gasteiger partial charge in [0.2, 0.25) is 5.91 Å². The lowest BCUT2D eigenvalue weighted by Crippen LogP contribution is -2.17. The Hall–Kier alpha value is -1.66. The minimum atomic E-state index is -0.333. The molecule has 0 saturated heterocycles. The number of nitrogens with one attached hydrogen (secondary N) is 1. The Bertz CT molecular complexity index is 783. The number of thiophene rings is 1. The summed E-state index contributed by atoms with van der Waals surface area (Å²) in [5.41, 5.74) is 2.55. The largest absolute Gasteiger partial charge is 0.462 e. The number of esters is 1. The highest BCUT2D eigenvalue weighted by atomic mass is 79.9. The lowest BCUT2D eigenvalue weighted by atomic mass is 9.95. The minimum Gasteiger partial charge on any atom is -0.462 e. The van der Waals surface area contributed by atoms with E-state index in [1.165, 1.54) is 16.2 Å². The molecule has 1 aromatic carbocycles. The predicted octanol–water partition coefficient (Wildman–Crippen LogP) is 4.75. The maximum atomic E-state index is 12.4. The first-order valence-corrected chi connectivity index (χ1v) is 10.1. The third kappa shape index (κ3) is 4.30. The number of hydrogen-bond donors (Lipinski definition) is 1. The van der Waals surface area contributed by atoms with Gasteiger partial charge in [0.25, 0.3) is 0 Å². The summed E-state index contributed by atoms with van der Waals surface area (Å²) in [6, 6.07) is 7.65. The number of fused-ring (bicyclic) bond motifs is 1. The van der Waals surface area contributed by atoms with Gasteiger partial charge in [-0.2, -0.15) is 0 Å². The second-order valence-corrected chi connectivity index (χ2v) is 8.01. The van der Waals surface area contributed by atoms with Crippen LogP contribution in [0.3, 0.4) is 0 Å². The Morgan fingerprint density at radius 3 is 2.64 bits per heavy atom. The molecule has 0 bridgehead atoms. The Kier molecular flexibility index (Phi) is 5.91. The molecule has 0 fully saturated rings. The van der Waals surface area contributed by atoms with Gasteiger partial charge in [-0.05, 0) is 55.9 Å². The van der Waals surface area contributed by atoms with Crippen molar-refractivity contribution in [2.24, 2.45) is 0 Å². The summed E-state index contributed by atoms with van der Waals surface area (Å²) in [4.78, 5) is 26.0. The SMILES string of the molecule is CCOC(=O)c1c(NC(=O)Cc2ccc(Br)cc2)sc2c1CCCC2. The zero-order valence-corrected chi connectivity index (χ0v) is 16.5. The Labute approximate surface area is 159 Å². The van der Waals surface area contributed by atoms with Crippen LogP contribution in [0.1, 0.15) is 46.1 Å². The quantitative estimate of drug-likeness (QED) is 0.708. The van der Waals surface area contributed by atoms with Gasteiger partial charge >= 0.3 is 5.97 Å². The number of benzene rings is 1. The van der Waals surface area contributed by atoms with Crippen LogP contribution < -0.4 is 5.32 Å². The molecule has 0 aliphatic heterocycles. The molecule has 3 rings (SSSR count). The molecule has 6 heteroatoms. The second-order valence-electron chi connectivity index (χ2n) is 5.99. The van der Waals surface area contributed by atoms with E-state index in [-0.39, 0.29) is 18.3 Å². The molecule has 25 heavy (non-hydrogen) atoms. The second kappa shape index (κ2) is 8.15. The Balaban J connectivity index is 1.81. The number of hydrogen-bond acceptors (Lipinski definition) is 4. The van der Waals surface area contributed by atoms with Crippen LogP contribution in [0.15, 0.2) is 28.7 Å². The van der Waals surface area contributed by atoms with E-state index in [1.54, 1.807) is 6.92 Å². The molecule has 1 aromatic heterocycles. The first-order chi connectivity index (χ1) is 12.1. The number of ether oxygens (including phenoxy) is 1. The monoisotopic (exact) mass is 421 g/mol. The van der Waals surface area contributed by atoms with E-state index in [9.17, 15) is 9.59 Å². The number of rotatable bonds is 5. The highest BCUT2D eigenvalue weighted by Gasteiger charge is 2.27. The first-order valence-electron chi connectivity index (χ1n) is 8.44. The third-order valence-electron chi connectivity index (χ3n) is 4.18. The van der Waals surface area contributed by atoms with E-state index >= 15 is 0 Å². The average Bonchev–Trinajstić information content (AvgIpc) is 2.95. The molecule has 1 N–H and O–H groups in total. The molecule has 0 radical (unpaired) electrons. The Morgan fingerprint density at radius 1 is 1.20 bits per heavy atom. The van der Waals surface area contributed by atoms with Gasteiger partial charge in [0.05, 0.1) is 18.6 Å². The standard InChI is InChI=1S/C19H20BrNO3S/c1-2-24-19(23)17-14-5-3-4-6-15(14)25-18(17)21-16(22)11-12-7-9-13(20)10-8-12/h7-10H,2-6,11H2,1H3,(H,21,22). The van der Waals surface area contributed by atoms with Crippen molar-refractivity contribution in [1.82, 2.24) is 0 Å². The van der Waals surface area contributed by atoms with Crippen molar-refractivity contribution in [2.45, 2.75) is 39.0 Å². The van der Waals surface area contributed by atoms with Crippen molar-refractivity contribution in [3.8, 4) is 0 Å². The normalized spacial score (nSPS) is 13.2. The molecule has 0 atom stereocenters. The summed E-state index contributed by atoms with van der Waals surface area (Å²) >= 11 is 4.91. The highest BCUT2D eigenvalue weighted by molar-refractivity contribution is 9.10. The van der Waals surface area contributed by atoms with Gasteiger partial charge in [-0.25, -0.2) is 4.79 Å². The van der Waals surface area contributed by atoms with Gasteiger partial charge in [0, 0.05) is 9.35 Å². The van der Waals surface area contributed by atoms with Crippen LogP contribution in [0.25, 0.3) is 0 Å². The summed E-state index contributed by atoms with van der Waals surface area (Å²) < 4.78 is 6.20. The van der Waals surface area contributed by atoms with Crippen LogP contribution in [0.2, 0.25) is 0 Å². The first kappa shape index (κ1) is 18.1. The molecule has 1 amide bonds. The molecule has 1 heterocycles.